The summed E-state index contributed by atoms with van der Waals surface area (Å²) in [6, 6.07) is 9.13. The second-order valence-electron chi connectivity index (χ2n) is 4.78. The van der Waals surface area contributed by atoms with Crippen molar-refractivity contribution in [3.8, 4) is 0 Å². The molecule has 0 aromatic heterocycles. The van der Waals surface area contributed by atoms with Crippen molar-refractivity contribution < 1.29 is 4.79 Å². The first kappa shape index (κ1) is 14.5. The molecule has 0 heterocycles. The van der Waals surface area contributed by atoms with Gasteiger partial charge in [-0.3, -0.25) is 4.90 Å². The number of nitrogens with one attached hydrogen (secondary N) is 1. The highest BCUT2D eigenvalue weighted by Crippen LogP contribution is 2.12. The minimum atomic E-state index is -0.398. The molecule has 0 atom stereocenters. The van der Waals surface area contributed by atoms with Crippen LogP contribution >= 0.6 is 0 Å². The van der Waals surface area contributed by atoms with Gasteiger partial charge in [-0.25, -0.2) is 4.79 Å². The van der Waals surface area contributed by atoms with Crippen molar-refractivity contribution >= 4 is 11.7 Å². The zero-order chi connectivity index (χ0) is 13.4. The van der Waals surface area contributed by atoms with Gasteiger partial charge >= 0.3 is 6.03 Å². The van der Waals surface area contributed by atoms with Crippen LogP contribution in [0.4, 0.5) is 10.5 Å². The topological polar surface area (TPSA) is 58.4 Å². The lowest BCUT2D eigenvalue weighted by atomic mass is 10.2. The average molecular weight is 249 g/mol. The number of nitrogens with two attached hydrogens (primary N) is 1. The van der Waals surface area contributed by atoms with E-state index in [2.05, 4.69) is 19.2 Å². The number of carbonyl (C=O) groups excluding carboxylic acids is 1. The van der Waals surface area contributed by atoms with Crippen LogP contribution in [-0.4, -0.2) is 25.7 Å². The van der Waals surface area contributed by atoms with Crippen molar-refractivity contribution in [2.45, 2.75) is 20.3 Å². The normalized spacial score (nSPS) is 10.6. The van der Waals surface area contributed by atoms with Crippen LogP contribution in [0.5, 0.6) is 0 Å². The van der Waals surface area contributed by atoms with Gasteiger partial charge in [-0.2, -0.15) is 0 Å². The number of hydrogen-bond acceptors (Lipinski definition) is 2. The summed E-state index contributed by atoms with van der Waals surface area (Å²) in [5.74, 6) is 0.645. The van der Waals surface area contributed by atoms with E-state index in [4.69, 9.17) is 5.73 Å². The monoisotopic (exact) mass is 249 g/mol. The van der Waals surface area contributed by atoms with E-state index in [0.29, 0.717) is 12.5 Å². The van der Waals surface area contributed by atoms with Crippen LogP contribution in [0.15, 0.2) is 30.3 Å². The van der Waals surface area contributed by atoms with E-state index in [0.717, 1.165) is 25.2 Å². The molecular weight excluding hydrogens is 226 g/mol. The van der Waals surface area contributed by atoms with Gasteiger partial charge in [0, 0.05) is 12.2 Å². The summed E-state index contributed by atoms with van der Waals surface area (Å²) in [5, 5.41) is 3.35. The largest absolute Gasteiger partial charge is 0.351 e. The van der Waals surface area contributed by atoms with Gasteiger partial charge in [-0.1, -0.05) is 32.0 Å². The summed E-state index contributed by atoms with van der Waals surface area (Å²) < 4.78 is 0. The van der Waals surface area contributed by atoms with Crippen molar-refractivity contribution in [1.82, 2.24) is 5.32 Å². The van der Waals surface area contributed by atoms with Crippen LogP contribution in [0, 0.1) is 5.92 Å². The molecule has 1 aromatic carbocycles. The predicted octanol–water partition coefficient (Wildman–Crippen LogP) is 2.21. The summed E-state index contributed by atoms with van der Waals surface area (Å²) in [6.07, 6.45) is 0.893. The number of rotatable bonds is 7. The number of nitrogens with zero attached hydrogens (tertiary/aromatic N) is 1. The minimum Gasteiger partial charge on any atom is -0.351 e. The van der Waals surface area contributed by atoms with Gasteiger partial charge in [0.1, 0.15) is 0 Å². The van der Waals surface area contributed by atoms with E-state index in [-0.39, 0.29) is 0 Å². The molecule has 0 fully saturated rings. The van der Waals surface area contributed by atoms with Crippen LogP contribution in [0.2, 0.25) is 0 Å². The van der Waals surface area contributed by atoms with E-state index in [1.165, 1.54) is 0 Å². The number of amides is 2. The molecule has 0 unspecified atom stereocenters. The highest BCUT2D eigenvalue weighted by molar-refractivity contribution is 5.90. The molecule has 2 amide bonds. The molecule has 0 aliphatic heterocycles. The number of urea groups is 1. The summed E-state index contributed by atoms with van der Waals surface area (Å²) >= 11 is 0. The molecule has 1 aromatic rings. The second kappa shape index (κ2) is 7.71. The number of benzene rings is 1. The highest BCUT2D eigenvalue weighted by atomic mass is 16.2. The maximum absolute atomic E-state index is 11.4. The number of para-hydroxylation sites is 1. The maximum atomic E-state index is 11.4. The Balaban J connectivity index is 2.38. The van der Waals surface area contributed by atoms with Crippen molar-refractivity contribution in [1.29, 1.82) is 0 Å². The Morgan fingerprint density at radius 3 is 2.56 bits per heavy atom. The molecule has 4 nitrogen and oxygen atoms in total. The molecule has 100 valence electrons. The predicted molar refractivity (Wildman–Crippen MR) is 75.7 cm³/mol. The third-order valence-electron chi connectivity index (χ3n) is 2.62. The Bertz CT molecular complexity index is 351. The standard InChI is InChI=1S/C14H23N3O/c1-12(2)11-16-9-6-10-17(14(15)18)13-7-4-3-5-8-13/h3-5,7-8,12,16H,6,9-11H2,1-2H3,(H2,15,18). The molecule has 0 bridgehead atoms. The summed E-state index contributed by atoms with van der Waals surface area (Å²) in [7, 11) is 0. The molecular formula is C14H23N3O. The summed E-state index contributed by atoms with van der Waals surface area (Å²) in [6.45, 7) is 6.89. The van der Waals surface area contributed by atoms with Crippen LogP contribution in [0.1, 0.15) is 20.3 Å². The Hall–Kier alpha value is -1.55. The van der Waals surface area contributed by atoms with Gasteiger partial charge in [-0.05, 0) is 37.6 Å². The Morgan fingerprint density at radius 2 is 2.00 bits per heavy atom. The number of primary amides is 1. The molecule has 0 saturated heterocycles. The zero-order valence-corrected chi connectivity index (χ0v) is 11.2. The molecule has 0 spiro atoms. The Kier molecular flexibility index (Phi) is 6.22. The first-order valence-electron chi connectivity index (χ1n) is 6.44. The Morgan fingerprint density at radius 1 is 1.33 bits per heavy atom. The fourth-order valence-corrected chi connectivity index (χ4v) is 1.73. The molecule has 3 N–H and O–H groups in total. The molecule has 0 saturated carbocycles. The third kappa shape index (κ3) is 5.19. The second-order valence-corrected chi connectivity index (χ2v) is 4.78. The smallest absolute Gasteiger partial charge is 0.319 e. The van der Waals surface area contributed by atoms with E-state index < -0.39 is 6.03 Å². The van der Waals surface area contributed by atoms with Crippen LogP contribution in [0.25, 0.3) is 0 Å². The number of hydrogen-bond donors (Lipinski definition) is 2. The van der Waals surface area contributed by atoms with Crippen molar-refractivity contribution in [3.05, 3.63) is 30.3 Å². The fraction of sp³-hybridized carbons (Fsp3) is 0.500. The highest BCUT2D eigenvalue weighted by Gasteiger charge is 2.10. The van der Waals surface area contributed by atoms with Gasteiger partial charge in [0.15, 0.2) is 0 Å². The van der Waals surface area contributed by atoms with E-state index in [1.54, 1.807) is 4.90 Å². The van der Waals surface area contributed by atoms with E-state index in [1.807, 2.05) is 30.3 Å². The van der Waals surface area contributed by atoms with Gasteiger partial charge in [0.25, 0.3) is 0 Å². The van der Waals surface area contributed by atoms with Crippen LogP contribution in [0.3, 0.4) is 0 Å². The van der Waals surface area contributed by atoms with Gasteiger partial charge < -0.3 is 11.1 Å². The molecule has 1 rings (SSSR count). The molecule has 0 aliphatic rings. The first-order valence-corrected chi connectivity index (χ1v) is 6.44. The SMILES string of the molecule is CC(C)CNCCCN(C(N)=O)c1ccccc1. The first-order chi connectivity index (χ1) is 8.61. The molecule has 0 radical (unpaired) electrons. The molecule has 0 aliphatic carbocycles. The lowest BCUT2D eigenvalue weighted by Crippen LogP contribution is -2.37. The van der Waals surface area contributed by atoms with Crippen molar-refractivity contribution in [3.63, 3.8) is 0 Å². The number of carbonyl (C=O) groups is 1. The van der Waals surface area contributed by atoms with Gasteiger partial charge in [0.05, 0.1) is 0 Å². The third-order valence-corrected chi connectivity index (χ3v) is 2.62. The van der Waals surface area contributed by atoms with Gasteiger partial charge in [0.2, 0.25) is 0 Å². The lowest BCUT2D eigenvalue weighted by molar-refractivity contribution is 0.254. The summed E-state index contributed by atoms with van der Waals surface area (Å²) in [5.41, 5.74) is 6.25. The quantitative estimate of drug-likeness (QED) is 0.728. The number of anilines is 1. The Labute approximate surface area is 109 Å². The minimum absolute atomic E-state index is 0.398. The fourth-order valence-electron chi connectivity index (χ4n) is 1.73. The van der Waals surface area contributed by atoms with Crippen molar-refractivity contribution in [2.24, 2.45) is 11.7 Å². The van der Waals surface area contributed by atoms with E-state index in [9.17, 15) is 4.79 Å². The summed E-state index contributed by atoms with van der Waals surface area (Å²) in [4.78, 5) is 13.0. The zero-order valence-electron chi connectivity index (χ0n) is 11.2. The van der Waals surface area contributed by atoms with Gasteiger partial charge in [-0.15, -0.1) is 0 Å². The molecule has 18 heavy (non-hydrogen) atoms. The molecule has 4 heteroatoms. The van der Waals surface area contributed by atoms with Crippen molar-refractivity contribution in [2.75, 3.05) is 24.5 Å². The van der Waals surface area contributed by atoms with E-state index >= 15 is 0 Å². The lowest BCUT2D eigenvalue weighted by Gasteiger charge is -2.20. The average Bonchev–Trinajstić information content (AvgIpc) is 2.34. The maximum Gasteiger partial charge on any atom is 0.319 e. The van der Waals surface area contributed by atoms with Crippen LogP contribution < -0.4 is 16.0 Å². The van der Waals surface area contributed by atoms with Crippen LogP contribution in [-0.2, 0) is 0 Å².